The van der Waals surface area contributed by atoms with Crippen LogP contribution in [0.4, 0.5) is 0 Å². The molecule has 1 N–H and O–H groups in total. The summed E-state index contributed by atoms with van der Waals surface area (Å²) in [5, 5.41) is 7.09. The third-order valence-corrected chi connectivity index (χ3v) is 4.27. The van der Waals surface area contributed by atoms with Gasteiger partial charge in [-0.1, -0.05) is 12.1 Å². The summed E-state index contributed by atoms with van der Waals surface area (Å²) >= 11 is 0. The minimum atomic E-state index is -0.253. The molecule has 1 amide bonds. The summed E-state index contributed by atoms with van der Waals surface area (Å²) in [6.45, 7) is 0.875. The predicted octanol–water partition coefficient (Wildman–Crippen LogP) is 2.27. The molecule has 3 heterocycles. The largest absolute Gasteiger partial charge is 0.493 e. The van der Waals surface area contributed by atoms with Crippen molar-refractivity contribution in [2.45, 2.75) is 19.0 Å². The summed E-state index contributed by atoms with van der Waals surface area (Å²) in [6.07, 6.45) is 4.22. The van der Waals surface area contributed by atoms with Crippen LogP contribution < -0.4 is 14.8 Å². The average Bonchev–Trinajstić information content (AvgIpc) is 3.33. The van der Waals surface area contributed by atoms with Gasteiger partial charge in [-0.3, -0.25) is 9.48 Å². The molecule has 3 aromatic rings. The van der Waals surface area contributed by atoms with Gasteiger partial charge in [0.05, 0.1) is 19.7 Å². The lowest BCUT2D eigenvalue weighted by Crippen LogP contribution is -2.42. The van der Waals surface area contributed by atoms with Crippen LogP contribution in [0.1, 0.15) is 21.9 Å². The maximum Gasteiger partial charge on any atom is 0.287 e. The fourth-order valence-electron chi connectivity index (χ4n) is 3.04. The molecule has 134 valence electrons. The monoisotopic (exact) mass is 353 g/mol. The molecule has 0 saturated carbocycles. The van der Waals surface area contributed by atoms with Crippen molar-refractivity contribution in [3.8, 4) is 11.5 Å². The number of benzene rings is 1. The van der Waals surface area contributed by atoms with Gasteiger partial charge in [0, 0.05) is 18.0 Å². The number of amides is 1. The molecule has 7 nitrogen and oxygen atoms in total. The first-order valence-corrected chi connectivity index (χ1v) is 8.38. The highest BCUT2D eigenvalue weighted by Gasteiger charge is 2.25. The fourth-order valence-corrected chi connectivity index (χ4v) is 3.04. The Morgan fingerprint density at radius 2 is 2.27 bits per heavy atom. The van der Waals surface area contributed by atoms with Crippen LogP contribution in [-0.4, -0.2) is 35.4 Å². The van der Waals surface area contributed by atoms with E-state index < -0.39 is 0 Å². The molecule has 2 aromatic heterocycles. The van der Waals surface area contributed by atoms with Crippen molar-refractivity contribution in [1.29, 1.82) is 0 Å². The van der Waals surface area contributed by atoms with Gasteiger partial charge in [0.15, 0.2) is 17.3 Å². The average molecular weight is 353 g/mol. The molecule has 0 radical (unpaired) electrons. The number of nitrogens with one attached hydrogen (secondary N) is 1. The zero-order chi connectivity index (χ0) is 17.9. The van der Waals surface area contributed by atoms with E-state index in [9.17, 15) is 4.79 Å². The Balaban J connectivity index is 1.40. The van der Waals surface area contributed by atoms with Crippen molar-refractivity contribution in [3.05, 3.63) is 65.9 Å². The summed E-state index contributed by atoms with van der Waals surface area (Å²) < 4.78 is 18.5. The number of aromatic nitrogens is 2. The van der Waals surface area contributed by atoms with Crippen LogP contribution in [0.25, 0.3) is 0 Å². The van der Waals surface area contributed by atoms with Gasteiger partial charge >= 0.3 is 0 Å². The summed E-state index contributed by atoms with van der Waals surface area (Å²) in [5.74, 6) is 2.16. The maximum atomic E-state index is 12.5. The topological polar surface area (TPSA) is 78.5 Å². The van der Waals surface area contributed by atoms with Crippen molar-refractivity contribution in [2.75, 3.05) is 13.7 Å². The minimum absolute atomic E-state index is 0.123. The number of fused-ring (bicyclic) bond motifs is 1. The highest BCUT2D eigenvalue weighted by atomic mass is 16.5. The van der Waals surface area contributed by atoms with Crippen LogP contribution in [0.15, 0.2) is 53.2 Å². The van der Waals surface area contributed by atoms with Crippen molar-refractivity contribution in [1.82, 2.24) is 15.1 Å². The van der Waals surface area contributed by atoms with E-state index >= 15 is 0 Å². The quantitative estimate of drug-likeness (QED) is 0.761. The number of carbonyl (C=O) groups excluding carboxylic acids is 1. The first-order valence-electron chi connectivity index (χ1n) is 8.38. The highest BCUT2D eigenvalue weighted by Crippen LogP contribution is 2.34. The van der Waals surface area contributed by atoms with Gasteiger partial charge in [-0.15, -0.1) is 0 Å². The Morgan fingerprint density at radius 1 is 1.35 bits per heavy atom. The number of hydrogen-bond donors (Lipinski definition) is 1. The van der Waals surface area contributed by atoms with Crippen molar-refractivity contribution >= 4 is 5.91 Å². The Morgan fingerprint density at radius 3 is 3.08 bits per heavy atom. The second kappa shape index (κ2) is 6.95. The number of nitrogens with zero attached hydrogens (tertiary/aromatic N) is 2. The summed E-state index contributed by atoms with van der Waals surface area (Å²) in [5.41, 5.74) is 1.01. The molecule has 0 fully saturated rings. The zero-order valence-corrected chi connectivity index (χ0v) is 14.3. The third kappa shape index (κ3) is 3.28. The number of carbonyl (C=O) groups is 1. The lowest BCUT2D eigenvalue weighted by Gasteiger charge is -2.26. The molecular weight excluding hydrogens is 334 g/mol. The molecular formula is C19H19N3O4. The van der Waals surface area contributed by atoms with Gasteiger partial charge in [0.25, 0.3) is 5.91 Å². The fraction of sp³-hybridized carbons (Fsp3) is 0.263. The standard InChI is InChI=1S/C19H19N3O4/c1-24-16-5-2-4-13-10-14(12-25-18(13)16)21-19(23)17-7-6-15(26-17)11-22-9-3-8-20-22/h2-9,14H,10-12H2,1H3,(H,21,23). The Kier molecular flexibility index (Phi) is 4.35. The van der Waals surface area contributed by atoms with Gasteiger partial charge in [-0.2, -0.15) is 5.10 Å². The number of rotatable bonds is 5. The summed E-state index contributed by atoms with van der Waals surface area (Å²) in [6, 6.07) is 10.9. The van der Waals surface area contributed by atoms with E-state index in [-0.39, 0.29) is 17.7 Å². The molecule has 1 aromatic carbocycles. The van der Waals surface area contributed by atoms with Crippen LogP contribution in [0, 0.1) is 0 Å². The molecule has 1 unspecified atom stereocenters. The number of para-hydroxylation sites is 1. The first-order chi connectivity index (χ1) is 12.7. The molecule has 1 aliphatic rings. The molecule has 0 spiro atoms. The highest BCUT2D eigenvalue weighted by molar-refractivity contribution is 5.91. The molecule has 0 aliphatic carbocycles. The first kappa shape index (κ1) is 16.3. The molecule has 4 rings (SSSR count). The van der Waals surface area contributed by atoms with Gasteiger partial charge in [0.1, 0.15) is 12.4 Å². The third-order valence-electron chi connectivity index (χ3n) is 4.27. The number of ether oxygens (including phenoxy) is 2. The molecule has 26 heavy (non-hydrogen) atoms. The lowest BCUT2D eigenvalue weighted by molar-refractivity contribution is 0.0884. The zero-order valence-electron chi connectivity index (χ0n) is 14.3. The molecule has 1 atom stereocenters. The smallest absolute Gasteiger partial charge is 0.287 e. The van der Waals surface area contributed by atoms with Gasteiger partial charge in [0.2, 0.25) is 0 Å². The number of furan rings is 1. The van der Waals surface area contributed by atoms with E-state index in [0.29, 0.717) is 31.1 Å². The molecule has 0 saturated heterocycles. The van der Waals surface area contributed by atoms with E-state index in [1.165, 1.54) is 0 Å². The molecule has 1 aliphatic heterocycles. The van der Waals surface area contributed by atoms with Crippen LogP contribution >= 0.6 is 0 Å². The van der Waals surface area contributed by atoms with E-state index in [1.807, 2.05) is 30.5 Å². The Bertz CT molecular complexity index is 901. The van der Waals surface area contributed by atoms with Gasteiger partial charge in [-0.05, 0) is 30.7 Å². The SMILES string of the molecule is COc1cccc2c1OCC(NC(=O)c1ccc(Cn3cccn3)o1)C2. The van der Waals surface area contributed by atoms with E-state index in [4.69, 9.17) is 13.9 Å². The van der Waals surface area contributed by atoms with Crippen LogP contribution in [0.5, 0.6) is 11.5 Å². The second-order valence-corrected chi connectivity index (χ2v) is 6.10. The van der Waals surface area contributed by atoms with E-state index in [0.717, 1.165) is 11.3 Å². The Hall–Kier alpha value is -3.22. The normalized spacial score (nSPS) is 15.8. The van der Waals surface area contributed by atoms with Gasteiger partial charge in [-0.25, -0.2) is 0 Å². The summed E-state index contributed by atoms with van der Waals surface area (Å²) in [4.78, 5) is 12.5. The van der Waals surface area contributed by atoms with Gasteiger partial charge < -0.3 is 19.2 Å². The minimum Gasteiger partial charge on any atom is -0.493 e. The van der Waals surface area contributed by atoms with Crippen LogP contribution in [-0.2, 0) is 13.0 Å². The molecule has 0 bridgehead atoms. The van der Waals surface area contributed by atoms with Crippen LogP contribution in [0.3, 0.4) is 0 Å². The van der Waals surface area contributed by atoms with E-state index in [2.05, 4.69) is 10.4 Å². The van der Waals surface area contributed by atoms with Crippen molar-refractivity contribution in [2.24, 2.45) is 0 Å². The van der Waals surface area contributed by atoms with Crippen molar-refractivity contribution < 1.29 is 18.7 Å². The molecule has 7 heteroatoms. The number of methoxy groups -OCH3 is 1. The number of hydrogen-bond acceptors (Lipinski definition) is 5. The Labute approximate surface area is 150 Å². The second-order valence-electron chi connectivity index (χ2n) is 6.10. The predicted molar refractivity (Wildman–Crippen MR) is 93.5 cm³/mol. The van der Waals surface area contributed by atoms with Crippen molar-refractivity contribution in [3.63, 3.8) is 0 Å². The van der Waals surface area contributed by atoms with E-state index in [1.54, 1.807) is 30.1 Å². The van der Waals surface area contributed by atoms with Crippen LogP contribution in [0.2, 0.25) is 0 Å². The maximum absolute atomic E-state index is 12.5. The lowest BCUT2D eigenvalue weighted by atomic mass is 10.0. The summed E-state index contributed by atoms with van der Waals surface area (Å²) in [7, 11) is 1.62.